The first-order chi connectivity index (χ1) is 18.3. The minimum absolute atomic E-state index is 0.0749. The molecule has 1 nitrogen and oxygen atoms in total. The molecule has 192 valence electrons. The zero-order valence-electron chi connectivity index (χ0n) is 22.4. The number of benzene rings is 4. The van der Waals surface area contributed by atoms with Crippen molar-refractivity contribution < 1.29 is 4.79 Å². The minimum atomic E-state index is -2.27. The largest absolute Gasteiger partial charge is 0.293 e. The van der Waals surface area contributed by atoms with Crippen molar-refractivity contribution >= 4 is 41.4 Å². The van der Waals surface area contributed by atoms with Crippen LogP contribution in [0.3, 0.4) is 0 Å². The van der Waals surface area contributed by atoms with Gasteiger partial charge in [0.2, 0.25) is 0 Å². The predicted molar refractivity (Wildman–Crippen MR) is 164 cm³/mol. The molecule has 5 rings (SSSR count). The van der Waals surface area contributed by atoms with Crippen molar-refractivity contribution in [2.75, 3.05) is 0 Å². The average molecular weight is 535 g/mol. The first-order valence-corrected chi connectivity index (χ1v) is 16.1. The Bertz CT molecular complexity index is 1360. The summed E-state index contributed by atoms with van der Waals surface area (Å²) in [5, 5.41) is 3.70. The minimum Gasteiger partial charge on any atom is -0.293 e. The number of allylic oxidation sites excluding steroid dienone is 2. The molecule has 0 N–H and O–H groups in total. The van der Waals surface area contributed by atoms with Gasteiger partial charge in [-0.15, -0.1) is 0 Å². The molecule has 4 aromatic carbocycles. The van der Waals surface area contributed by atoms with E-state index in [-0.39, 0.29) is 16.7 Å². The molecule has 0 heterocycles. The fourth-order valence-corrected chi connectivity index (χ4v) is 12.3. The molecule has 2 atom stereocenters. The number of carbonyl (C=O) groups is 1. The number of Topliss-reactive ketones (excluding diaryl/α,β-unsaturated/α-hetero) is 1. The lowest BCUT2D eigenvalue weighted by molar-refractivity contribution is 0.0945. The Morgan fingerprint density at radius 1 is 0.763 bits per heavy atom. The summed E-state index contributed by atoms with van der Waals surface area (Å²) in [6.45, 7) is 7.22. The van der Waals surface area contributed by atoms with Gasteiger partial charge in [-0.3, -0.25) is 4.79 Å². The van der Waals surface area contributed by atoms with Gasteiger partial charge in [0.25, 0.3) is 0 Å². The van der Waals surface area contributed by atoms with Crippen LogP contribution in [-0.2, 0) is 0 Å². The highest BCUT2D eigenvalue weighted by Crippen LogP contribution is 2.47. The van der Waals surface area contributed by atoms with Gasteiger partial charge in [0.15, 0.2) is 5.78 Å². The van der Waals surface area contributed by atoms with Crippen molar-refractivity contribution in [3.05, 3.63) is 137 Å². The SMILES string of the molecule is CC(C)(C)[Si](CC1C=C(c2ccc(Cl)cc2)C(C(=O)c2ccccc2)C1)(c1ccccc1)c1ccccc1. The van der Waals surface area contributed by atoms with Crippen LogP contribution in [0.1, 0.15) is 43.1 Å². The van der Waals surface area contributed by atoms with Gasteiger partial charge in [-0.1, -0.05) is 152 Å². The number of hydrogen-bond acceptors (Lipinski definition) is 1. The molecule has 3 heteroatoms. The second kappa shape index (κ2) is 10.9. The molecule has 2 unspecified atom stereocenters. The lowest BCUT2D eigenvalue weighted by Crippen LogP contribution is -2.64. The van der Waals surface area contributed by atoms with E-state index in [1.165, 1.54) is 10.4 Å². The van der Waals surface area contributed by atoms with E-state index in [1.807, 2.05) is 42.5 Å². The Labute approximate surface area is 233 Å². The third kappa shape index (κ3) is 5.08. The molecule has 1 aliphatic carbocycles. The average Bonchev–Trinajstić information content (AvgIpc) is 3.36. The lowest BCUT2D eigenvalue weighted by Gasteiger charge is -2.45. The Balaban J connectivity index is 1.61. The maximum Gasteiger partial charge on any atom is 0.170 e. The van der Waals surface area contributed by atoms with Gasteiger partial charge in [0.05, 0.1) is 0 Å². The third-order valence-corrected chi connectivity index (χ3v) is 14.9. The molecule has 0 saturated carbocycles. The maximum absolute atomic E-state index is 13.9. The quantitative estimate of drug-likeness (QED) is 0.172. The molecule has 0 aromatic heterocycles. The number of carbonyl (C=O) groups excluding carboxylic acids is 1. The Morgan fingerprint density at radius 3 is 1.76 bits per heavy atom. The highest BCUT2D eigenvalue weighted by molar-refractivity contribution is 7.04. The van der Waals surface area contributed by atoms with Crippen LogP contribution in [-0.4, -0.2) is 13.9 Å². The second-order valence-electron chi connectivity index (χ2n) is 11.5. The van der Waals surface area contributed by atoms with Crippen molar-refractivity contribution in [2.24, 2.45) is 11.8 Å². The standard InChI is InChI=1S/C35H35ClOSi/c1-35(2,3)38(30-15-9-5-10-16-30,31-17-11-6-12-18-31)25-26-23-32(27-19-21-29(36)22-20-27)33(24-26)34(37)28-13-7-4-8-14-28/h4-23,26,33H,24-25H2,1-3H3. The van der Waals surface area contributed by atoms with E-state index in [9.17, 15) is 4.79 Å². The summed E-state index contributed by atoms with van der Waals surface area (Å²) in [6.07, 6.45) is 3.24. The predicted octanol–water partition coefficient (Wildman–Crippen LogP) is 8.31. The summed E-state index contributed by atoms with van der Waals surface area (Å²) >= 11 is 6.23. The second-order valence-corrected chi connectivity index (χ2v) is 16.8. The normalized spacial score (nSPS) is 17.7. The Morgan fingerprint density at radius 2 is 1.26 bits per heavy atom. The zero-order chi connectivity index (χ0) is 26.8. The van der Waals surface area contributed by atoms with Crippen LogP contribution in [0.2, 0.25) is 16.1 Å². The first kappa shape index (κ1) is 26.4. The van der Waals surface area contributed by atoms with Crippen LogP contribution in [0.5, 0.6) is 0 Å². The third-order valence-electron chi connectivity index (χ3n) is 8.26. The molecule has 0 aliphatic heterocycles. The van der Waals surface area contributed by atoms with Gasteiger partial charge in [0.1, 0.15) is 8.07 Å². The molecule has 0 radical (unpaired) electrons. The van der Waals surface area contributed by atoms with Gasteiger partial charge in [-0.05, 0) is 46.7 Å². The van der Waals surface area contributed by atoms with E-state index in [0.29, 0.717) is 10.9 Å². The van der Waals surface area contributed by atoms with E-state index < -0.39 is 8.07 Å². The van der Waals surface area contributed by atoms with Gasteiger partial charge in [-0.2, -0.15) is 0 Å². The van der Waals surface area contributed by atoms with Crippen molar-refractivity contribution in [1.29, 1.82) is 0 Å². The van der Waals surface area contributed by atoms with Gasteiger partial charge in [0, 0.05) is 16.5 Å². The summed E-state index contributed by atoms with van der Waals surface area (Å²) in [5.41, 5.74) is 3.01. The fourth-order valence-electron chi connectivity index (χ4n) is 6.41. The molecule has 1 aliphatic rings. The number of rotatable bonds is 7. The molecular weight excluding hydrogens is 500 g/mol. The Hall–Kier alpha value is -3.20. The van der Waals surface area contributed by atoms with Crippen molar-refractivity contribution in [3.8, 4) is 0 Å². The molecule has 4 aromatic rings. The van der Waals surface area contributed by atoms with E-state index in [2.05, 4.69) is 99.6 Å². The molecule has 38 heavy (non-hydrogen) atoms. The van der Waals surface area contributed by atoms with E-state index >= 15 is 0 Å². The summed E-state index contributed by atoms with van der Waals surface area (Å²) in [5.74, 6) is 0.336. The van der Waals surface area contributed by atoms with E-state index in [0.717, 1.165) is 29.2 Å². The smallest absolute Gasteiger partial charge is 0.170 e. The molecule has 0 amide bonds. The highest BCUT2D eigenvalue weighted by atomic mass is 35.5. The van der Waals surface area contributed by atoms with Crippen LogP contribution in [0.15, 0.2) is 121 Å². The van der Waals surface area contributed by atoms with Crippen LogP contribution >= 0.6 is 11.6 Å². The van der Waals surface area contributed by atoms with Crippen molar-refractivity contribution in [2.45, 2.75) is 38.3 Å². The summed E-state index contributed by atoms with van der Waals surface area (Å²) in [7, 11) is -2.27. The molecule has 0 saturated heterocycles. The van der Waals surface area contributed by atoms with Crippen LogP contribution < -0.4 is 10.4 Å². The van der Waals surface area contributed by atoms with Gasteiger partial charge >= 0.3 is 0 Å². The maximum atomic E-state index is 13.9. The Kier molecular flexibility index (Phi) is 7.56. The lowest BCUT2D eigenvalue weighted by atomic mass is 9.87. The molecule has 0 spiro atoms. The van der Waals surface area contributed by atoms with Gasteiger partial charge in [-0.25, -0.2) is 0 Å². The van der Waals surface area contributed by atoms with E-state index in [4.69, 9.17) is 11.6 Å². The number of ketones is 1. The molecular formula is C35H35ClOSi. The highest BCUT2D eigenvalue weighted by Gasteiger charge is 2.49. The number of halogens is 1. The fraction of sp³-hybridized carbons (Fsp3) is 0.229. The van der Waals surface area contributed by atoms with Crippen molar-refractivity contribution in [3.63, 3.8) is 0 Å². The summed E-state index contributed by atoms with van der Waals surface area (Å²) < 4.78 is 0. The monoisotopic (exact) mass is 534 g/mol. The molecule has 0 fully saturated rings. The van der Waals surface area contributed by atoms with Crippen LogP contribution in [0, 0.1) is 11.8 Å². The van der Waals surface area contributed by atoms with Crippen LogP contribution in [0.25, 0.3) is 5.57 Å². The van der Waals surface area contributed by atoms with Crippen LogP contribution in [0.4, 0.5) is 0 Å². The molecule has 0 bridgehead atoms. The number of hydrogen-bond donors (Lipinski definition) is 0. The zero-order valence-corrected chi connectivity index (χ0v) is 24.2. The first-order valence-electron chi connectivity index (χ1n) is 13.5. The van der Waals surface area contributed by atoms with E-state index in [1.54, 1.807) is 0 Å². The topological polar surface area (TPSA) is 17.1 Å². The van der Waals surface area contributed by atoms with Gasteiger partial charge < -0.3 is 0 Å². The summed E-state index contributed by atoms with van der Waals surface area (Å²) in [6, 6.07) is 41.0. The van der Waals surface area contributed by atoms with Crippen molar-refractivity contribution in [1.82, 2.24) is 0 Å². The summed E-state index contributed by atoms with van der Waals surface area (Å²) in [4.78, 5) is 13.9.